The molecule has 2 aromatic carbocycles. The summed E-state index contributed by atoms with van der Waals surface area (Å²) in [5.74, 6) is -1.09. The van der Waals surface area contributed by atoms with Crippen molar-refractivity contribution < 1.29 is 9.59 Å². The topological polar surface area (TPSA) is 96.0 Å². The van der Waals surface area contributed by atoms with Crippen LogP contribution in [0.2, 0.25) is 0 Å². The molecule has 0 spiro atoms. The Morgan fingerprint density at radius 2 is 1.86 bits per heavy atom. The van der Waals surface area contributed by atoms with Gasteiger partial charge in [-0.2, -0.15) is 5.26 Å². The van der Waals surface area contributed by atoms with Crippen LogP contribution in [0.3, 0.4) is 0 Å². The van der Waals surface area contributed by atoms with Crippen molar-refractivity contribution in [2.24, 2.45) is 5.73 Å². The number of anilines is 1. The molecule has 0 aliphatic heterocycles. The summed E-state index contributed by atoms with van der Waals surface area (Å²) in [5, 5.41) is 14.8. The second-order valence-corrected chi connectivity index (χ2v) is 8.08. The molecule has 3 N–H and O–H groups in total. The van der Waals surface area contributed by atoms with E-state index in [1.54, 1.807) is 6.08 Å². The van der Waals surface area contributed by atoms with Crippen LogP contribution in [0, 0.1) is 11.3 Å². The van der Waals surface area contributed by atoms with Crippen LogP contribution >= 0.6 is 11.3 Å². The lowest BCUT2D eigenvalue weighted by Gasteiger charge is -2.11. The molecule has 0 saturated carbocycles. The third-order valence-electron chi connectivity index (χ3n) is 5.13. The first-order valence-electron chi connectivity index (χ1n) is 9.43. The minimum Gasteiger partial charge on any atom is -0.365 e. The van der Waals surface area contributed by atoms with E-state index in [0.29, 0.717) is 10.6 Å². The van der Waals surface area contributed by atoms with Crippen LogP contribution < -0.4 is 11.1 Å². The van der Waals surface area contributed by atoms with Crippen molar-refractivity contribution in [2.75, 3.05) is 5.32 Å². The molecule has 29 heavy (non-hydrogen) atoms. The van der Waals surface area contributed by atoms with E-state index >= 15 is 0 Å². The molecule has 0 fully saturated rings. The molecule has 0 radical (unpaired) electrons. The summed E-state index contributed by atoms with van der Waals surface area (Å²) >= 11 is 1.39. The number of hydrogen-bond acceptors (Lipinski definition) is 4. The number of nitriles is 1. The van der Waals surface area contributed by atoms with E-state index in [0.717, 1.165) is 52.5 Å². The monoisotopic (exact) mass is 401 g/mol. The Morgan fingerprint density at radius 3 is 2.66 bits per heavy atom. The molecule has 0 saturated heterocycles. The number of nitrogens with one attached hydrogen (secondary N) is 1. The Morgan fingerprint density at radius 1 is 1.10 bits per heavy atom. The van der Waals surface area contributed by atoms with Gasteiger partial charge in [0.15, 0.2) is 0 Å². The van der Waals surface area contributed by atoms with E-state index in [1.807, 2.05) is 48.5 Å². The summed E-state index contributed by atoms with van der Waals surface area (Å²) < 4.78 is 0. The van der Waals surface area contributed by atoms with Gasteiger partial charge in [-0.25, -0.2) is 0 Å². The van der Waals surface area contributed by atoms with Gasteiger partial charge < -0.3 is 11.1 Å². The Kier molecular flexibility index (Phi) is 5.15. The van der Waals surface area contributed by atoms with E-state index in [4.69, 9.17) is 5.73 Å². The molecule has 2 amide bonds. The number of aryl methyl sites for hydroxylation is 1. The van der Waals surface area contributed by atoms with Crippen LogP contribution in [0.4, 0.5) is 5.00 Å². The van der Waals surface area contributed by atoms with Crippen molar-refractivity contribution in [1.82, 2.24) is 0 Å². The highest BCUT2D eigenvalue weighted by Gasteiger charge is 2.25. The third-order valence-corrected chi connectivity index (χ3v) is 6.34. The highest BCUT2D eigenvalue weighted by Crippen LogP contribution is 2.38. The summed E-state index contributed by atoms with van der Waals surface area (Å²) in [5.41, 5.74) is 7.69. The van der Waals surface area contributed by atoms with Gasteiger partial charge in [-0.15, -0.1) is 11.3 Å². The van der Waals surface area contributed by atoms with Gasteiger partial charge in [0, 0.05) is 4.88 Å². The van der Waals surface area contributed by atoms with Gasteiger partial charge in [-0.3, -0.25) is 9.59 Å². The maximum absolute atomic E-state index is 12.8. The average molecular weight is 401 g/mol. The second kappa shape index (κ2) is 7.90. The number of benzene rings is 2. The SMILES string of the molecule is N#C/C(=C\c1cccc2ccccc12)C(=O)Nc1sc2c(c1C(N)=O)CCCC2. The lowest BCUT2D eigenvalue weighted by molar-refractivity contribution is -0.112. The molecule has 1 aromatic heterocycles. The number of carbonyl (C=O) groups excluding carboxylic acids is 2. The number of carbonyl (C=O) groups is 2. The maximum Gasteiger partial charge on any atom is 0.266 e. The van der Waals surface area contributed by atoms with Crippen LogP contribution in [-0.4, -0.2) is 11.8 Å². The zero-order valence-electron chi connectivity index (χ0n) is 15.7. The largest absolute Gasteiger partial charge is 0.365 e. The quantitative estimate of drug-likeness (QED) is 0.500. The molecule has 1 aliphatic rings. The Labute approximate surface area is 172 Å². The normalized spacial score (nSPS) is 13.6. The number of hydrogen-bond donors (Lipinski definition) is 2. The molecule has 1 heterocycles. The summed E-state index contributed by atoms with van der Waals surface area (Å²) in [6.07, 6.45) is 5.31. The van der Waals surface area contributed by atoms with Crippen LogP contribution in [0.25, 0.3) is 16.8 Å². The third kappa shape index (κ3) is 3.65. The van der Waals surface area contributed by atoms with Crippen LogP contribution in [-0.2, 0) is 17.6 Å². The molecule has 0 unspecified atom stereocenters. The van der Waals surface area contributed by atoms with Gasteiger partial charge in [0.25, 0.3) is 11.8 Å². The van der Waals surface area contributed by atoms with Gasteiger partial charge in [0.05, 0.1) is 5.56 Å². The molecule has 0 bridgehead atoms. The minimum atomic E-state index is -0.545. The van der Waals surface area contributed by atoms with Crippen LogP contribution in [0.1, 0.15) is 39.2 Å². The number of nitrogens with two attached hydrogens (primary N) is 1. The van der Waals surface area contributed by atoms with Crippen molar-refractivity contribution in [3.63, 3.8) is 0 Å². The molecule has 4 rings (SSSR count). The van der Waals surface area contributed by atoms with E-state index < -0.39 is 11.8 Å². The number of primary amides is 1. The highest BCUT2D eigenvalue weighted by atomic mass is 32.1. The van der Waals surface area contributed by atoms with Gasteiger partial charge in [0.1, 0.15) is 16.6 Å². The van der Waals surface area contributed by atoms with Crippen LogP contribution in [0.15, 0.2) is 48.0 Å². The lowest BCUT2D eigenvalue weighted by atomic mass is 9.95. The zero-order valence-corrected chi connectivity index (χ0v) is 16.5. The maximum atomic E-state index is 12.8. The van der Waals surface area contributed by atoms with Crippen molar-refractivity contribution >= 4 is 45.0 Å². The fourth-order valence-electron chi connectivity index (χ4n) is 3.77. The number of rotatable bonds is 4. The van der Waals surface area contributed by atoms with Gasteiger partial charge in [-0.1, -0.05) is 42.5 Å². The summed E-state index contributed by atoms with van der Waals surface area (Å²) in [6.45, 7) is 0. The standard InChI is InChI=1S/C23H19N3O2S/c24-13-16(12-15-8-5-7-14-6-1-2-9-17(14)15)22(28)26-23-20(21(25)27)18-10-3-4-11-19(18)29-23/h1-2,5-9,12H,3-4,10-11H2,(H2,25,27)(H,26,28)/b16-12+. The molecular formula is C23H19N3O2S. The Bertz CT molecular complexity index is 1200. The number of thiophene rings is 1. The van der Waals surface area contributed by atoms with Gasteiger partial charge in [-0.05, 0) is 53.7 Å². The smallest absolute Gasteiger partial charge is 0.266 e. The molecule has 1 aliphatic carbocycles. The first-order valence-corrected chi connectivity index (χ1v) is 10.3. The van der Waals surface area contributed by atoms with Crippen molar-refractivity contribution in [3.8, 4) is 6.07 Å². The molecular weight excluding hydrogens is 382 g/mol. The summed E-state index contributed by atoms with van der Waals surface area (Å²) in [4.78, 5) is 25.9. The van der Waals surface area contributed by atoms with Crippen LogP contribution in [0.5, 0.6) is 0 Å². The number of nitrogens with zero attached hydrogens (tertiary/aromatic N) is 1. The molecule has 3 aromatic rings. The Hall–Kier alpha value is -3.43. The lowest BCUT2D eigenvalue weighted by Crippen LogP contribution is -2.19. The highest BCUT2D eigenvalue weighted by molar-refractivity contribution is 7.17. The van der Waals surface area contributed by atoms with Crippen molar-refractivity contribution in [3.05, 3.63) is 69.6 Å². The molecule has 144 valence electrons. The van der Waals surface area contributed by atoms with E-state index in [9.17, 15) is 14.9 Å². The first-order chi connectivity index (χ1) is 14.1. The predicted octanol–water partition coefficient (Wildman–Crippen LogP) is 4.42. The first kappa shape index (κ1) is 18.9. The second-order valence-electron chi connectivity index (χ2n) is 6.97. The number of amides is 2. The zero-order chi connectivity index (χ0) is 20.4. The molecule has 6 heteroatoms. The molecule has 0 atom stereocenters. The summed E-state index contributed by atoms with van der Waals surface area (Å²) in [7, 11) is 0. The van der Waals surface area contributed by atoms with Gasteiger partial charge in [0.2, 0.25) is 0 Å². The van der Waals surface area contributed by atoms with E-state index in [-0.39, 0.29) is 5.57 Å². The summed E-state index contributed by atoms with van der Waals surface area (Å²) in [6, 6.07) is 15.5. The van der Waals surface area contributed by atoms with E-state index in [1.165, 1.54) is 11.3 Å². The van der Waals surface area contributed by atoms with Crippen molar-refractivity contribution in [2.45, 2.75) is 25.7 Å². The number of fused-ring (bicyclic) bond motifs is 2. The Balaban J connectivity index is 1.69. The predicted molar refractivity (Wildman–Crippen MR) is 116 cm³/mol. The van der Waals surface area contributed by atoms with E-state index in [2.05, 4.69) is 5.32 Å². The molecule has 5 nitrogen and oxygen atoms in total. The fraction of sp³-hybridized carbons (Fsp3) is 0.174. The van der Waals surface area contributed by atoms with Gasteiger partial charge >= 0.3 is 0 Å². The minimum absolute atomic E-state index is 0.0249. The fourth-order valence-corrected chi connectivity index (χ4v) is 5.06. The van der Waals surface area contributed by atoms with Crippen molar-refractivity contribution in [1.29, 1.82) is 5.26 Å². The average Bonchev–Trinajstić information content (AvgIpc) is 3.09.